The molecule has 0 radical (unpaired) electrons. The summed E-state index contributed by atoms with van der Waals surface area (Å²) in [5.74, 6) is 0.00694. The van der Waals surface area contributed by atoms with Crippen LogP contribution in [0.25, 0.3) is 0 Å². The summed E-state index contributed by atoms with van der Waals surface area (Å²) in [6, 6.07) is 8.26. The van der Waals surface area contributed by atoms with E-state index in [4.69, 9.17) is 5.73 Å². The van der Waals surface area contributed by atoms with Crippen molar-refractivity contribution < 1.29 is 4.79 Å². The molecule has 1 fully saturated rings. The molecule has 112 valence electrons. The molecule has 1 unspecified atom stereocenters. The van der Waals surface area contributed by atoms with Crippen LogP contribution in [-0.4, -0.2) is 17.5 Å². The summed E-state index contributed by atoms with van der Waals surface area (Å²) < 4.78 is 1.06. The average molecular weight is 362 g/mol. The number of carbonyl (C=O) groups is 1. The van der Waals surface area contributed by atoms with Gasteiger partial charge in [-0.3, -0.25) is 4.79 Å². The first-order valence-corrected chi connectivity index (χ1v) is 7.63. The molecule has 0 bridgehead atoms. The van der Waals surface area contributed by atoms with Crippen LogP contribution in [0.3, 0.4) is 0 Å². The smallest absolute Gasteiger partial charge is 0.240 e. The Bertz CT molecular complexity index is 461. The largest absolute Gasteiger partial charge is 0.352 e. The number of nitrogens with one attached hydrogen (secondary N) is 1. The number of benzene rings is 1. The van der Waals surface area contributed by atoms with Gasteiger partial charge in [0.25, 0.3) is 0 Å². The van der Waals surface area contributed by atoms with Gasteiger partial charge in [-0.25, -0.2) is 0 Å². The van der Waals surface area contributed by atoms with Gasteiger partial charge in [0.1, 0.15) is 0 Å². The SMILES string of the molecule is CC(Cc1cccc(Br)c1)NC(=O)C1(N)CCCC1.Cl. The molecule has 5 heteroatoms. The highest BCUT2D eigenvalue weighted by Gasteiger charge is 2.37. The number of hydrogen-bond acceptors (Lipinski definition) is 2. The van der Waals surface area contributed by atoms with Gasteiger partial charge < -0.3 is 11.1 Å². The van der Waals surface area contributed by atoms with Gasteiger partial charge in [-0.05, 0) is 43.9 Å². The number of nitrogens with two attached hydrogens (primary N) is 1. The van der Waals surface area contributed by atoms with Gasteiger partial charge in [0.05, 0.1) is 5.54 Å². The third-order valence-corrected chi connectivity index (χ3v) is 4.25. The van der Waals surface area contributed by atoms with Crippen LogP contribution in [0.1, 0.15) is 38.2 Å². The zero-order valence-corrected chi connectivity index (χ0v) is 14.1. The van der Waals surface area contributed by atoms with Crippen LogP contribution in [0.2, 0.25) is 0 Å². The van der Waals surface area contributed by atoms with Crippen molar-refractivity contribution in [3.8, 4) is 0 Å². The van der Waals surface area contributed by atoms with E-state index in [2.05, 4.69) is 33.4 Å². The lowest BCUT2D eigenvalue weighted by molar-refractivity contribution is -0.126. The van der Waals surface area contributed by atoms with Gasteiger partial charge in [0.2, 0.25) is 5.91 Å². The molecule has 3 N–H and O–H groups in total. The fourth-order valence-electron chi connectivity index (χ4n) is 2.67. The number of carbonyl (C=O) groups excluding carboxylic acids is 1. The molecule has 0 heterocycles. The van der Waals surface area contributed by atoms with Crippen molar-refractivity contribution in [2.75, 3.05) is 0 Å². The molecule has 0 saturated heterocycles. The van der Waals surface area contributed by atoms with Crippen LogP contribution >= 0.6 is 28.3 Å². The van der Waals surface area contributed by atoms with Crippen LogP contribution in [0, 0.1) is 0 Å². The molecule has 0 aromatic heterocycles. The molecule has 1 atom stereocenters. The molecule has 3 nitrogen and oxygen atoms in total. The quantitative estimate of drug-likeness (QED) is 0.865. The second kappa shape index (κ2) is 7.43. The number of rotatable bonds is 4. The van der Waals surface area contributed by atoms with Gasteiger partial charge in [0.15, 0.2) is 0 Å². The molecule has 1 saturated carbocycles. The lowest BCUT2D eigenvalue weighted by Crippen LogP contribution is -2.54. The first-order chi connectivity index (χ1) is 8.99. The van der Waals surface area contributed by atoms with E-state index in [9.17, 15) is 4.79 Å². The van der Waals surface area contributed by atoms with Gasteiger partial charge in [0, 0.05) is 10.5 Å². The highest BCUT2D eigenvalue weighted by atomic mass is 79.9. The number of amides is 1. The van der Waals surface area contributed by atoms with E-state index >= 15 is 0 Å². The maximum absolute atomic E-state index is 12.2. The van der Waals surface area contributed by atoms with Crippen LogP contribution in [0.5, 0.6) is 0 Å². The Balaban J connectivity index is 0.00000200. The first-order valence-electron chi connectivity index (χ1n) is 6.84. The second-order valence-corrected chi connectivity index (χ2v) is 6.49. The van der Waals surface area contributed by atoms with Gasteiger partial charge in [-0.1, -0.05) is 40.9 Å². The van der Waals surface area contributed by atoms with Gasteiger partial charge in [-0.2, -0.15) is 0 Å². The van der Waals surface area contributed by atoms with Gasteiger partial charge in [-0.15, -0.1) is 12.4 Å². The summed E-state index contributed by atoms with van der Waals surface area (Å²) in [6.45, 7) is 2.02. The van der Waals surface area contributed by atoms with Crippen LogP contribution in [0.4, 0.5) is 0 Å². The lowest BCUT2D eigenvalue weighted by Gasteiger charge is -2.25. The standard InChI is InChI=1S/C15H21BrN2O.ClH/c1-11(9-12-5-4-6-13(16)10-12)18-14(19)15(17)7-2-3-8-15;/h4-6,10-11H,2-3,7-9,17H2,1H3,(H,18,19);1H. The van der Waals surface area contributed by atoms with E-state index in [0.29, 0.717) is 0 Å². The Morgan fingerprint density at radius 1 is 1.45 bits per heavy atom. The van der Waals surface area contributed by atoms with Crippen molar-refractivity contribution in [1.29, 1.82) is 0 Å². The van der Waals surface area contributed by atoms with Crippen molar-refractivity contribution in [1.82, 2.24) is 5.32 Å². The third kappa shape index (κ3) is 4.47. The fraction of sp³-hybridized carbons (Fsp3) is 0.533. The fourth-order valence-corrected chi connectivity index (χ4v) is 3.12. The number of hydrogen-bond donors (Lipinski definition) is 2. The summed E-state index contributed by atoms with van der Waals surface area (Å²) in [5, 5.41) is 3.05. The van der Waals surface area contributed by atoms with Crippen molar-refractivity contribution >= 4 is 34.2 Å². The van der Waals surface area contributed by atoms with E-state index in [1.54, 1.807) is 0 Å². The lowest BCUT2D eigenvalue weighted by atomic mass is 9.97. The summed E-state index contributed by atoms with van der Waals surface area (Å²) in [7, 11) is 0. The van der Waals surface area contributed by atoms with E-state index in [0.717, 1.165) is 36.6 Å². The molecule has 1 aromatic rings. The Hall–Kier alpha value is -0.580. The molecular formula is C15H22BrClN2O. The van der Waals surface area contributed by atoms with Crippen molar-refractivity contribution in [2.24, 2.45) is 5.73 Å². The van der Waals surface area contributed by atoms with E-state index in [1.165, 1.54) is 5.56 Å². The molecule has 1 aliphatic rings. The molecule has 2 rings (SSSR count). The second-order valence-electron chi connectivity index (χ2n) is 5.57. The summed E-state index contributed by atoms with van der Waals surface area (Å²) in [4.78, 5) is 12.2. The molecule has 0 spiro atoms. The summed E-state index contributed by atoms with van der Waals surface area (Å²) >= 11 is 3.46. The van der Waals surface area contributed by atoms with E-state index in [-0.39, 0.29) is 24.4 Å². The van der Waals surface area contributed by atoms with Crippen molar-refractivity contribution in [3.05, 3.63) is 34.3 Å². The minimum Gasteiger partial charge on any atom is -0.352 e. The average Bonchev–Trinajstić information content (AvgIpc) is 2.77. The molecule has 1 aliphatic carbocycles. The van der Waals surface area contributed by atoms with E-state index < -0.39 is 5.54 Å². The maximum Gasteiger partial charge on any atom is 0.240 e. The predicted octanol–water partition coefficient (Wildman–Crippen LogP) is 3.19. The normalized spacial score (nSPS) is 18.1. The number of halogens is 2. The topological polar surface area (TPSA) is 55.1 Å². The van der Waals surface area contributed by atoms with Crippen molar-refractivity contribution in [2.45, 2.75) is 50.6 Å². The Labute approximate surface area is 135 Å². The zero-order chi connectivity index (χ0) is 13.9. The Morgan fingerprint density at radius 2 is 2.10 bits per heavy atom. The maximum atomic E-state index is 12.2. The van der Waals surface area contributed by atoms with Crippen LogP contribution in [-0.2, 0) is 11.2 Å². The minimum absolute atomic E-state index is 0. The highest BCUT2D eigenvalue weighted by molar-refractivity contribution is 9.10. The molecule has 1 aromatic carbocycles. The minimum atomic E-state index is -0.633. The molecule has 1 amide bonds. The highest BCUT2D eigenvalue weighted by Crippen LogP contribution is 2.27. The summed E-state index contributed by atoms with van der Waals surface area (Å²) in [5.41, 5.74) is 6.72. The molecule has 0 aliphatic heterocycles. The zero-order valence-electron chi connectivity index (χ0n) is 11.7. The predicted molar refractivity (Wildman–Crippen MR) is 88.1 cm³/mol. The monoisotopic (exact) mass is 360 g/mol. The molecular weight excluding hydrogens is 340 g/mol. The summed E-state index contributed by atoms with van der Waals surface area (Å²) in [6.07, 6.45) is 4.56. The van der Waals surface area contributed by atoms with Crippen LogP contribution in [0.15, 0.2) is 28.7 Å². The Kier molecular flexibility index (Phi) is 6.49. The van der Waals surface area contributed by atoms with Crippen LogP contribution < -0.4 is 11.1 Å². The van der Waals surface area contributed by atoms with Gasteiger partial charge >= 0.3 is 0 Å². The third-order valence-electron chi connectivity index (χ3n) is 3.76. The molecule has 20 heavy (non-hydrogen) atoms. The Morgan fingerprint density at radius 3 is 2.70 bits per heavy atom. The van der Waals surface area contributed by atoms with Crippen molar-refractivity contribution in [3.63, 3.8) is 0 Å². The first kappa shape index (κ1) is 17.5. The van der Waals surface area contributed by atoms with E-state index in [1.807, 2.05) is 19.1 Å².